The van der Waals surface area contributed by atoms with Crippen LogP contribution in [0.3, 0.4) is 0 Å². The summed E-state index contributed by atoms with van der Waals surface area (Å²) in [5.74, 6) is 1.59. The molecule has 2 N–H and O–H groups in total. The molecule has 0 bridgehead atoms. The van der Waals surface area contributed by atoms with E-state index >= 15 is 0 Å². The predicted octanol–water partition coefficient (Wildman–Crippen LogP) is -0.658. The van der Waals surface area contributed by atoms with Crippen molar-refractivity contribution in [2.24, 2.45) is 0 Å². The number of morpholine rings is 1. The Morgan fingerprint density at radius 2 is 2.29 bits per heavy atom. The second-order valence-electron chi connectivity index (χ2n) is 4.42. The Bertz CT molecular complexity index is 244. The molecule has 0 saturated carbocycles. The van der Waals surface area contributed by atoms with Crippen molar-refractivity contribution in [3.05, 3.63) is 0 Å². The molecule has 0 aromatic carbocycles. The molecule has 0 radical (unpaired) electrons. The van der Waals surface area contributed by atoms with Crippen molar-refractivity contribution in [2.75, 3.05) is 38.6 Å². The molecule has 2 aliphatic heterocycles. The Balaban J connectivity index is 1.58. The number of ether oxygens (including phenoxy) is 1. The summed E-state index contributed by atoms with van der Waals surface area (Å²) < 4.78 is 5.25. The van der Waals surface area contributed by atoms with Crippen molar-refractivity contribution >= 4 is 29.9 Å². The van der Waals surface area contributed by atoms with E-state index in [-0.39, 0.29) is 0 Å². The summed E-state index contributed by atoms with van der Waals surface area (Å²) in [4.78, 5) is 13.8. The van der Waals surface area contributed by atoms with Crippen LogP contribution in [-0.4, -0.2) is 69.3 Å². The zero-order chi connectivity index (χ0) is 11.9. The second-order valence-corrected chi connectivity index (χ2v) is 9.05. The molecule has 2 heterocycles. The average molecular weight is 324 g/mol. The van der Waals surface area contributed by atoms with E-state index in [1.807, 2.05) is 4.90 Å². The van der Waals surface area contributed by atoms with Crippen LogP contribution in [0.5, 0.6) is 0 Å². The van der Waals surface area contributed by atoms with Gasteiger partial charge in [0, 0.05) is 0 Å². The number of hydrogen-bond acceptors (Lipinski definition) is 3. The van der Waals surface area contributed by atoms with Crippen LogP contribution in [0.1, 0.15) is 12.8 Å². The molecule has 1 amide bonds. The fourth-order valence-electron chi connectivity index (χ4n) is 2.08. The summed E-state index contributed by atoms with van der Waals surface area (Å²) in [6, 6.07) is 0.758. The van der Waals surface area contributed by atoms with Crippen molar-refractivity contribution in [3.63, 3.8) is 0 Å². The van der Waals surface area contributed by atoms with Crippen molar-refractivity contribution in [1.29, 1.82) is 0 Å². The minimum atomic E-state index is 0.303. The van der Waals surface area contributed by atoms with Gasteiger partial charge in [0.1, 0.15) is 0 Å². The molecule has 0 spiro atoms. The van der Waals surface area contributed by atoms with E-state index in [4.69, 9.17) is 4.74 Å². The number of carbonyl (C=O) groups is 1. The quantitative estimate of drug-likeness (QED) is 0.699. The van der Waals surface area contributed by atoms with Crippen molar-refractivity contribution < 1.29 is 14.8 Å². The van der Waals surface area contributed by atoms with Crippen LogP contribution in [0.25, 0.3) is 0 Å². The van der Waals surface area contributed by atoms with Gasteiger partial charge in [-0.25, -0.2) is 0 Å². The van der Waals surface area contributed by atoms with Gasteiger partial charge in [-0.3, -0.25) is 0 Å². The van der Waals surface area contributed by atoms with Gasteiger partial charge >= 0.3 is 112 Å². The van der Waals surface area contributed by atoms with Gasteiger partial charge in [0.05, 0.1) is 0 Å². The molecule has 0 aliphatic carbocycles. The van der Waals surface area contributed by atoms with Gasteiger partial charge in [0.25, 0.3) is 0 Å². The number of hydrogen-bond donors (Lipinski definition) is 1. The number of nitrogens with two attached hydrogens (primary N) is 1. The number of carbonyl (C=O) groups excluding carboxylic acids is 1. The molecule has 2 fully saturated rings. The molecule has 98 valence electrons. The first-order valence-corrected chi connectivity index (χ1v) is 10.5. The molecule has 1 atom stereocenters. The van der Waals surface area contributed by atoms with Crippen molar-refractivity contribution in [3.8, 4) is 0 Å². The molecule has 0 aromatic rings. The third kappa shape index (κ3) is 4.79. The number of amides is 1. The summed E-state index contributed by atoms with van der Waals surface area (Å²) in [6.07, 6.45) is 2.03. The maximum absolute atomic E-state index is 11.9. The van der Waals surface area contributed by atoms with Crippen LogP contribution in [0.15, 0.2) is 0 Å². The number of quaternary nitrogens is 1. The first kappa shape index (κ1) is 13.7. The van der Waals surface area contributed by atoms with E-state index in [1.165, 1.54) is 17.5 Å². The molecule has 2 aliphatic rings. The molecular formula is C11H21N2O2SSe+. The fourth-order valence-corrected chi connectivity index (χ4v) is 6.55. The predicted molar refractivity (Wildman–Crippen MR) is 70.2 cm³/mol. The Labute approximate surface area is 112 Å². The van der Waals surface area contributed by atoms with Crippen LogP contribution < -0.4 is 5.32 Å². The summed E-state index contributed by atoms with van der Waals surface area (Å²) >= 11 is 0.827. The summed E-state index contributed by atoms with van der Waals surface area (Å²) in [7, 11) is 2.11. The topological polar surface area (TPSA) is 46.2 Å². The van der Waals surface area contributed by atoms with E-state index in [2.05, 4.69) is 15.5 Å². The normalized spacial score (nSPS) is 25.9. The Morgan fingerprint density at radius 1 is 1.47 bits per heavy atom. The van der Waals surface area contributed by atoms with Gasteiger partial charge in [0.15, 0.2) is 0 Å². The average Bonchev–Trinajstić information content (AvgIpc) is 2.41. The first-order chi connectivity index (χ1) is 8.36. The van der Waals surface area contributed by atoms with E-state index in [9.17, 15) is 4.79 Å². The number of rotatable bonds is 4. The van der Waals surface area contributed by atoms with E-state index < -0.39 is 0 Å². The van der Waals surface area contributed by atoms with Gasteiger partial charge in [-0.2, -0.15) is 0 Å². The summed E-state index contributed by atoms with van der Waals surface area (Å²) in [5, 5.41) is 3.77. The van der Waals surface area contributed by atoms with Crippen LogP contribution in [0.4, 0.5) is 0 Å². The van der Waals surface area contributed by atoms with Crippen LogP contribution in [-0.2, 0) is 9.53 Å². The monoisotopic (exact) mass is 325 g/mol. The van der Waals surface area contributed by atoms with Crippen LogP contribution in [0, 0.1) is 0 Å². The fraction of sp³-hybridized carbons (Fsp3) is 0.909. The zero-order valence-corrected chi connectivity index (χ0v) is 12.6. The van der Waals surface area contributed by atoms with Crippen LogP contribution in [0.2, 0.25) is 5.32 Å². The molecule has 17 heavy (non-hydrogen) atoms. The standard InChI is InChI=1S/C11H20N2O2SSe/c14-11(13-4-6-15-7-5-13)1-3-12-10-2-8-17-16-9-10/h10,12H,1-9H2/p+1. The summed E-state index contributed by atoms with van der Waals surface area (Å²) in [6.45, 7) is 3.92. The third-order valence-corrected chi connectivity index (χ3v) is 7.51. The molecular weight excluding hydrogens is 303 g/mol. The Hall–Kier alpha value is 0.259. The SMILES string of the molecule is O=C(CC[NH2+]C1CC[Se]SC1)N1CCOCC1. The zero-order valence-electron chi connectivity index (χ0n) is 10.1. The molecule has 6 heteroatoms. The Morgan fingerprint density at radius 3 is 3.00 bits per heavy atom. The van der Waals surface area contributed by atoms with E-state index in [0.29, 0.717) is 25.5 Å². The first-order valence-electron chi connectivity index (χ1n) is 6.29. The van der Waals surface area contributed by atoms with Crippen LogP contribution >= 0.6 is 10.2 Å². The molecule has 2 rings (SSSR count). The van der Waals surface area contributed by atoms with E-state index in [1.54, 1.807) is 0 Å². The van der Waals surface area contributed by atoms with Gasteiger partial charge in [-0.15, -0.1) is 0 Å². The van der Waals surface area contributed by atoms with Crippen molar-refractivity contribution in [2.45, 2.75) is 24.2 Å². The molecule has 0 aromatic heterocycles. The maximum atomic E-state index is 11.9. The Kier molecular flexibility index (Phi) is 6.15. The molecule has 2 saturated heterocycles. The van der Waals surface area contributed by atoms with Gasteiger partial charge in [0.2, 0.25) is 0 Å². The number of nitrogens with zero attached hydrogens (tertiary/aromatic N) is 1. The van der Waals surface area contributed by atoms with Gasteiger partial charge < -0.3 is 0 Å². The third-order valence-electron chi connectivity index (χ3n) is 3.16. The van der Waals surface area contributed by atoms with Gasteiger partial charge in [-0.05, 0) is 0 Å². The van der Waals surface area contributed by atoms with Gasteiger partial charge in [-0.1, -0.05) is 0 Å². The second kappa shape index (κ2) is 7.64. The van der Waals surface area contributed by atoms with E-state index in [0.717, 1.165) is 39.5 Å². The van der Waals surface area contributed by atoms with Crippen molar-refractivity contribution in [1.82, 2.24) is 4.90 Å². The molecule has 1 unspecified atom stereocenters. The summed E-state index contributed by atoms with van der Waals surface area (Å²) in [5.41, 5.74) is 0. The molecule has 4 nitrogen and oxygen atoms in total. The minimum absolute atomic E-state index is 0.303.